The van der Waals surface area contributed by atoms with Crippen LogP contribution in [0.25, 0.3) is 17.0 Å². The van der Waals surface area contributed by atoms with Gasteiger partial charge >= 0.3 is 6.09 Å². The van der Waals surface area contributed by atoms with Crippen molar-refractivity contribution in [2.75, 3.05) is 16.4 Å². The molecule has 12 nitrogen and oxygen atoms in total. The third-order valence-corrected chi connectivity index (χ3v) is 6.04. The number of hydrogen-bond donors (Lipinski definition) is 4. The summed E-state index contributed by atoms with van der Waals surface area (Å²) in [7, 11) is 0. The van der Waals surface area contributed by atoms with E-state index in [4.69, 9.17) is 17.2 Å². The van der Waals surface area contributed by atoms with Gasteiger partial charge < -0.3 is 22.3 Å². The second kappa shape index (κ2) is 10.2. The van der Waals surface area contributed by atoms with Crippen LogP contribution >= 0.6 is 0 Å². The van der Waals surface area contributed by atoms with Gasteiger partial charge in [0.25, 0.3) is 5.95 Å². The van der Waals surface area contributed by atoms with E-state index in [-0.39, 0.29) is 52.8 Å². The number of hydrogen-bond acceptors (Lipinski definition) is 8. The number of aromatic nitrogens is 5. The summed E-state index contributed by atoms with van der Waals surface area (Å²) >= 11 is 0. The lowest BCUT2D eigenvalue weighted by molar-refractivity contribution is 0.1000. The Morgan fingerprint density at radius 3 is 2.40 bits per heavy atom. The number of halogens is 2. The van der Waals surface area contributed by atoms with E-state index in [1.807, 2.05) is 0 Å². The molecule has 0 fully saturated rings. The summed E-state index contributed by atoms with van der Waals surface area (Å²) in [5.41, 5.74) is 19.2. The minimum Gasteiger partial charge on any atom is -0.465 e. The normalized spacial score (nSPS) is 11.1. The number of benzene rings is 2. The zero-order valence-corrected chi connectivity index (χ0v) is 20.6. The molecule has 0 saturated carbocycles. The minimum atomic E-state index is -1.41. The Kier molecular flexibility index (Phi) is 6.65. The van der Waals surface area contributed by atoms with Crippen LogP contribution in [0.1, 0.15) is 27.2 Å². The van der Waals surface area contributed by atoms with Gasteiger partial charge in [-0.25, -0.2) is 18.6 Å². The van der Waals surface area contributed by atoms with Gasteiger partial charge in [0.15, 0.2) is 11.6 Å². The summed E-state index contributed by atoms with van der Waals surface area (Å²) in [6.07, 6.45) is -0.374. The van der Waals surface area contributed by atoms with Crippen LogP contribution in [0.15, 0.2) is 60.8 Å². The van der Waals surface area contributed by atoms with Crippen LogP contribution in [0.3, 0.4) is 0 Å². The standard InChI is InChI=1S/C26H21F2N9O3/c27-16-10-19-20(32-11-16)18(9-14-5-1-2-7-17(14)28)35-37(19)25-33-22(29)21(23(30)34-25)36(26(39)40)12-13-4-3-6-15(8-13)24(31)38/h1-8,10-11H,9,12H2,(H2,31,38)(H,39,40)(H4,29,30,33,34). The molecule has 2 amide bonds. The summed E-state index contributed by atoms with van der Waals surface area (Å²) in [6, 6.07) is 13.4. The number of anilines is 3. The van der Waals surface area contributed by atoms with Crippen LogP contribution in [0.4, 0.5) is 30.9 Å². The first-order chi connectivity index (χ1) is 19.1. The Morgan fingerprint density at radius 2 is 1.73 bits per heavy atom. The van der Waals surface area contributed by atoms with Crippen LogP contribution in [0.2, 0.25) is 0 Å². The highest BCUT2D eigenvalue weighted by Gasteiger charge is 2.25. The van der Waals surface area contributed by atoms with E-state index in [0.29, 0.717) is 16.8 Å². The molecule has 0 atom stereocenters. The molecule has 0 bridgehead atoms. The second-order valence-electron chi connectivity index (χ2n) is 8.72. The molecule has 0 spiro atoms. The highest BCUT2D eigenvalue weighted by Crippen LogP contribution is 2.31. The summed E-state index contributed by atoms with van der Waals surface area (Å²) in [5.74, 6) is -2.59. The number of nitrogen functional groups attached to an aromatic ring is 2. The van der Waals surface area contributed by atoms with Crippen molar-refractivity contribution in [3.63, 3.8) is 0 Å². The number of rotatable bonds is 7. The Labute approximate surface area is 224 Å². The third kappa shape index (κ3) is 4.92. The smallest absolute Gasteiger partial charge is 0.412 e. The maximum absolute atomic E-state index is 14.3. The van der Waals surface area contributed by atoms with Gasteiger partial charge in [-0.15, -0.1) is 0 Å². The van der Waals surface area contributed by atoms with Crippen LogP contribution in [0, 0.1) is 11.6 Å². The second-order valence-corrected chi connectivity index (χ2v) is 8.72. The van der Waals surface area contributed by atoms with Gasteiger partial charge in [-0.2, -0.15) is 19.7 Å². The fraction of sp³-hybridized carbons (Fsp3) is 0.0769. The predicted molar refractivity (Wildman–Crippen MR) is 142 cm³/mol. The number of fused-ring (bicyclic) bond motifs is 1. The van der Waals surface area contributed by atoms with Crippen molar-refractivity contribution in [2.24, 2.45) is 5.73 Å². The molecular weight excluding hydrogens is 524 g/mol. The SMILES string of the molecule is NC(=O)c1cccc(CN(C(=O)O)c2c(N)nc(-n3nc(Cc4ccccc4F)c4ncc(F)cc43)nc2N)c1. The number of amides is 2. The average molecular weight is 546 g/mol. The van der Waals surface area contributed by atoms with E-state index in [1.165, 1.54) is 18.2 Å². The zero-order valence-electron chi connectivity index (χ0n) is 20.6. The van der Waals surface area contributed by atoms with Gasteiger partial charge in [-0.05, 0) is 29.3 Å². The quantitative estimate of drug-likeness (QED) is 0.238. The molecule has 5 aromatic rings. The number of pyridine rings is 1. The van der Waals surface area contributed by atoms with Gasteiger partial charge in [0.1, 0.15) is 22.8 Å². The van der Waals surface area contributed by atoms with Crippen LogP contribution in [0.5, 0.6) is 0 Å². The van der Waals surface area contributed by atoms with E-state index in [1.54, 1.807) is 30.3 Å². The molecule has 2 aromatic carbocycles. The average Bonchev–Trinajstić information content (AvgIpc) is 3.26. The lowest BCUT2D eigenvalue weighted by Crippen LogP contribution is -2.31. The molecule has 0 radical (unpaired) electrons. The largest absolute Gasteiger partial charge is 0.465 e. The molecule has 0 aliphatic heterocycles. The summed E-state index contributed by atoms with van der Waals surface area (Å²) in [5, 5.41) is 14.3. The molecule has 5 rings (SSSR count). The lowest BCUT2D eigenvalue weighted by Gasteiger charge is -2.22. The van der Waals surface area contributed by atoms with Crippen LogP contribution in [-0.2, 0) is 13.0 Å². The first kappa shape index (κ1) is 26.0. The first-order valence-electron chi connectivity index (χ1n) is 11.7. The van der Waals surface area contributed by atoms with Crippen molar-refractivity contribution in [3.05, 3.63) is 94.8 Å². The van der Waals surface area contributed by atoms with E-state index in [2.05, 4.69) is 20.1 Å². The van der Waals surface area contributed by atoms with Crippen LogP contribution in [-0.4, -0.2) is 41.8 Å². The van der Waals surface area contributed by atoms with Gasteiger partial charge in [0, 0.05) is 18.1 Å². The molecule has 0 unspecified atom stereocenters. The van der Waals surface area contributed by atoms with Crippen molar-refractivity contribution in [3.8, 4) is 5.95 Å². The van der Waals surface area contributed by atoms with Crippen LogP contribution < -0.4 is 22.1 Å². The Hall–Kier alpha value is -5.66. The summed E-state index contributed by atoms with van der Waals surface area (Å²) in [4.78, 5) is 37.0. The van der Waals surface area contributed by atoms with E-state index >= 15 is 0 Å². The topological polar surface area (TPSA) is 192 Å². The van der Waals surface area contributed by atoms with Gasteiger partial charge in [-0.3, -0.25) is 9.69 Å². The summed E-state index contributed by atoms with van der Waals surface area (Å²) in [6.45, 7) is -0.250. The van der Waals surface area contributed by atoms with E-state index < -0.39 is 23.6 Å². The van der Waals surface area contributed by atoms with Gasteiger partial charge in [-0.1, -0.05) is 30.3 Å². The van der Waals surface area contributed by atoms with Crippen molar-refractivity contribution in [1.82, 2.24) is 24.7 Å². The molecule has 0 saturated heterocycles. The van der Waals surface area contributed by atoms with E-state index in [0.717, 1.165) is 21.8 Å². The molecule has 0 aliphatic carbocycles. The number of nitrogens with zero attached hydrogens (tertiary/aromatic N) is 6. The van der Waals surface area contributed by atoms with Crippen molar-refractivity contribution >= 4 is 40.4 Å². The molecule has 40 heavy (non-hydrogen) atoms. The predicted octanol–water partition coefficient (Wildman–Crippen LogP) is 3.03. The molecule has 3 heterocycles. The molecule has 0 aliphatic rings. The maximum atomic E-state index is 14.3. The zero-order chi connectivity index (χ0) is 28.6. The first-order valence-corrected chi connectivity index (χ1v) is 11.7. The molecular formula is C26H21F2N9O3. The number of nitrogens with two attached hydrogens (primary N) is 3. The highest BCUT2D eigenvalue weighted by atomic mass is 19.1. The highest BCUT2D eigenvalue weighted by molar-refractivity contribution is 5.95. The molecule has 7 N–H and O–H groups in total. The fourth-order valence-electron chi connectivity index (χ4n) is 4.22. The number of carbonyl (C=O) groups is 2. The molecule has 202 valence electrons. The number of carboxylic acid groups (broad SMARTS) is 1. The van der Waals surface area contributed by atoms with Gasteiger partial charge in [0.2, 0.25) is 5.91 Å². The number of primary amides is 1. The Bertz CT molecular complexity index is 1770. The minimum absolute atomic E-state index is 0.0367. The van der Waals surface area contributed by atoms with Crippen molar-refractivity contribution in [2.45, 2.75) is 13.0 Å². The lowest BCUT2D eigenvalue weighted by atomic mass is 10.1. The Morgan fingerprint density at radius 1 is 1.00 bits per heavy atom. The van der Waals surface area contributed by atoms with Crippen molar-refractivity contribution < 1.29 is 23.5 Å². The molecule has 14 heteroatoms. The van der Waals surface area contributed by atoms with Crippen molar-refractivity contribution in [1.29, 1.82) is 0 Å². The van der Waals surface area contributed by atoms with Gasteiger partial charge in [0.05, 0.1) is 24.0 Å². The third-order valence-electron chi connectivity index (χ3n) is 6.04. The summed E-state index contributed by atoms with van der Waals surface area (Å²) < 4.78 is 29.7. The van der Waals surface area contributed by atoms with E-state index in [9.17, 15) is 23.5 Å². The number of carbonyl (C=O) groups excluding carboxylic acids is 1. The fourth-order valence-corrected chi connectivity index (χ4v) is 4.22. The maximum Gasteiger partial charge on any atom is 0.412 e. The Balaban J connectivity index is 1.57. The molecule has 3 aromatic heterocycles. The monoisotopic (exact) mass is 545 g/mol.